The summed E-state index contributed by atoms with van der Waals surface area (Å²) in [6.07, 6.45) is 4.28. The number of sulfone groups is 1. The second-order valence-electron chi connectivity index (χ2n) is 8.67. The molecule has 0 spiro atoms. The average Bonchev–Trinajstić information content (AvgIpc) is 3.35. The number of nitrogens with zero attached hydrogens (tertiary/aromatic N) is 3. The van der Waals surface area contributed by atoms with Crippen molar-refractivity contribution in [3.8, 4) is 22.3 Å². The molecular weight excluding hydrogens is 494 g/mol. The minimum Gasteiger partial charge on any atom is -0.362 e. The fourth-order valence-electron chi connectivity index (χ4n) is 4.41. The van der Waals surface area contributed by atoms with Gasteiger partial charge in [0.2, 0.25) is 0 Å². The first-order valence-electron chi connectivity index (χ1n) is 11.3. The van der Waals surface area contributed by atoms with E-state index in [0.717, 1.165) is 33.4 Å². The van der Waals surface area contributed by atoms with Crippen LogP contribution >= 0.6 is 11.6 Å². The largest absolute Gasteiger partial charge is 0.362 e. The van der Waals surface area contributed by atoms with E-state index in [0.29, 0.717) is 22.0 Å². The predicted octanol–water partition coefficient (Wildman–Crippen LogP) is 6.23. The van der Waals surface area contributed by atoms with Crippen LogP contribution in [0.1, 0.15) is 24.1 Å². The highest BCUT2D eigenvalue weighted by Gasteiger charge is 2.22. The minimum absolute atomic E-state index is 0.192. The number of imidazole rings is 1. The molecule has 0 fully saturated rings. The SMILES string of the molecule is Cc1c(Cl)cc(C(C)Nc2ncnc3[nH]cnc23)c(-c2ccccc2)c1-c1ccc(S(C)(=O)=O)cc1. The second-order valence-corrected chi connectivity index (χ2v) is 11.1. The number of H-pyrrole nitrogens is 1. The number of nitrogens with one attached hydrogen (secondary N) is 2. The van der Waals surface area contributed by atoms with Gasteiger partial charge < -0.3 is 10.3 Å². The molecule has 5 rings (SSSR count). The van der Waals surface area contributed by atoms with Gasteiger partial charge in [0, 0.05) is 11.3 Å². The number of anilines is 1. The molecule has 36 heavy (non-hydrogen) atoms. The first kappa shape index (κ1) is 24.0. The molecule has 2 heterocycles. The molecular formula is C27H24ClN5O2S. The van der Waals surface area contributed by atoms with Gasteiger partial charge in [0.1, 0.15) is 11.8 Å². The van der Waals surface area contributed by atoms with Crippen molar-refractivity contribution < 1.29 is 8.42 Å². The van der Waals surface area contributed by atoms with Crippen molar-refractivity contribution in [3.05, 3.63) is 89.5 Å². The van der Waals surface area contributed by atoms with E-state index in [1.807, 2.05) is 50.2 Å². The van der Waals surface area contributed by atoms with Crippen LogP contribution in [0.25, 0.3) is 33.4 Å². The van der Waals surface area contributed by atoms with E-state index in [4.69, 9.17) is 11.6 Å². The van der Waals surface area contributed by atoms with Gasteiger partial charge in [-0.05, 0) is 65.4 Å². The molecule has 1 unspecified atom stereocenters. The molecule has 0 radical (unpaired) electrons. The highest BCUT2D eigenvalue weighted by Crippen LogP contribution is 2.43. The number of benzene rings is 3. The first-order chi connectivity index (χ1) is 17.2. The van der Waals surface area contributed by atoms with E-state index in [1.165, 1.54) is 12.6 Å². The van der Waals surface area contributed by atoms with Crippen molar-refractivity contribution in [1.82, 2.24) is 19.9 Å². The van der Waals surface area contributed by atoms with Crippen LogP contribution in [0.4, 0.5) is 5.82 Å². The Morgan fingerprint density at radius 2 is 1.64 bits per heavy atom. The van der Waals surface area contributed by atoms with E-state index >= 15 is 0 Å². The van der Waals surface area contributed by atoms with Crippen LogP contribution in [0.3, 0.4) is 0 Å². The summed E-state index contributed by atoms with van der Waals surface area (Å²) in [5.74, 6) is 0.614. The quantitative estimate of drug-likeness (QED) is 0.277. The standard InChI is InChI=1S/C27H24ClN5O2S/c1-16-22(28)13-21(17(2)33-27-25-26(30-14-29-25)31-15-32-27)24(18-7-5-4-6-8-18)23(16)19-9-11-20(12-10-19)36(3,34)35/h4-15,17H,1-3H3,(H2,29,30,31,32,33). The number of aromatic amines is 1. The second kappa shape index (κ2) is 9.37. The van der Waals surface area contributed by atoms with Gasteiger partial charge in [0.25, 0.3) is 0 Å². The molecule has 0 amide bonds. The molecule has 182 valence electrons. The predicted molar refractivity (Wildman–Crippen MR) is 144 cm³/mol. The van der Waals surface area contributed by atoms with Crippen molar-refractivity contribution >= 4 is 38.4 Å². The Kier molecular flexibility index (Phi) is 6.24. The lowest BCUT2D eigenvalue weighted by Gasteiger charge is -2.24. The zero-order valence-corrected chi connectivity index (χ0v) is 21.5. The van der Waals surface area contributed by atoms with E-state index in [9.17, 15) is 8.42 Å². The third kappa shape index (κ3) is 4.45. The van der Waals surface area contributed by atoms with E-state index in [2.05, 4.69) is 37.4 Å². The van der Waals surface area contributed by atoms with Crippen molar-refractivity contribution in [3.63, 3.8) is 0 Å². The normalized spacial score (nSPS) is 12.6. The summed E-state index contributed by atoms with van der Waals surface area (Å²) in [7, 11) is -3.31. The number of hydrogen-bond acceptors (Lipinski definition) is 6. The summed E-state index contributed by atoms with van der Waals surface area (Å²) < 4.78 is 24.1. The van der Waals surface area contributed by atoms with Gasteiger partial charge in [-0.3, -0.25) is 0 Å². The fourth-order valence-corrected chi connectivity index (χ4v) is 5.25. The molecule has 2 aromatic heterocycles. The van der Waals surface area contributed by atoms with Gasteiger partial charge in [-0.25, -0.2) is 23.4 Å². The summed E-state index contributed by atoms with van der Waals surface area (Å²) in [4.78, 5) is 16.3. The lowest BCUT2D eigenvalue weighted by molar-refractivity contribution is 0.602. The minimum atomic E-state index is -3.31. The highest BCUT2D eigenvalue weighted by atomic mass is 35.5. The number of halogens is 1. The van der Waals surface area contributed by atoms with Crippen LogP contribution in [0, 0.1) is 6.92 Å². The zero-order valence-electron chi connectivity index (χ0n) is 19.9. The number of aromatic nitrogens is 4. The zero-order chi connectivity index (χ0) is 25.4. The third-order valence-electron chi connectivity index (χ3n) is 6.22. The molecule has 0 aliphatic heterocycles. The van der Waals surface area contributed by atoms with Crippen LogP contribution in [0.15, 0.2) is 78.2 Å². The molecule has 0 aliphatic carbocycles. The smallest absolute Gasteiger partial charge is 0.175 e. The number of rotatable bonds is 6. The Morgan fingerprint density at radius 1 is 0.944 bits per heavy atom. The van der Waals surface area contributed by atoms with E-state index < -0.39 is 9.84 Å². The Labute approximate surface area is 214 Å². The lowest BCUT2D eigenvalue weighted by Crippen LogP contribution is -2.11. The van der Waals surface area contributed by atoms with Gasteiger partial charge >= 0.3 is 0 Å². The van der Waals surface area contributed by atoms with Crippen LogP contribution < -0.4 is 5.32 Å². The summed E-state index contributed by atoms with van der Waals surface area (Å²) in [6, 6.07) is 18.8. The van der Waals surface area contributed by atoms with Crippen LogP contribution in [-0.4, -0.2) is 34.6 Å². The molecule has 9 heteroatoms. The van der Waals surface area contributed by atoms with Crippen molar-refractivity contribution in [2.45, 2.75) is 24.8 Å². The maximum absolute atomic E-state index is 12.0. The summed E-state index contributed by atoms with van der Waals surface area (Å²) in [6.45, 7) is 4.03. The molecule has 2 N–H and O–H groups in total. The Balaban J connectivity index is 1.70. The molecule has 3 aromatic carbocycles. The maximum atomic E-state index is 12.0. The molecule has 0 saturated carbocycles. The van der Waals surface area contributed by atoms with Crippen molar-refractivity contribution in [1.29, 1.82) is 0 Å². The van der Waals surface area contributed by atoms with E-state index in [1.54, 1.807) is 18.5 Å². The molecule has 1 atom stereocenters. The summed E-state index contributed by atoms with van der Waals surface area (Å²) >= 11 is 6.79. The van der Waals surface area contributed by atoms with Gasteiger partial charge in [0.05, 0.1) is 17.3 Å². The lowest BCUT2D eigenvalue weighted by atomic mass is 9.85. The summed E-state index contributed by atoms with van der Waals surface area (Å²) in [5.41, 5.74) is 7.05. The monoisotopic (exact) mass is 517 g/mol. The number of hydrogen-bond donors (Lipinski definition) is 2. The molecule has 7 nitrogen and oxygen atoms in total. The number of fused-ring (bicyclic) bond motifs is 1. The topological polar surface area (TPSA) is 101 Å². The van der Waals surface area contributed by atoms with Crippen LogP contribution in [0.5, 0.6) is 0 Å². The Hall–Kier alpha value is -3.75. The molecule has 5 aromatic rings. The van der Waals surface area contributed by atoms with Gasteiger partial charge in [-0.2, -0.15) is 0 Å². The van der Waals surface area contributed by atoms with Crippen molar-refractivity contribution in [2.75, 3.05) is 11.6 Å². The third-order valence-corrected chi connectivity index (χ3v) is 7.75. The van der Waals surface area contributed by atoms with E-state index in [-0.39, 0.29) is 10.9 Å². The average molecular weight is 518 g/mol. The fraction of sp³-hybridized carbons (Fsp3) is 0.148. The molecule has 0 aliphatic rings. The maximum Gasteiger partial charge on any atom is 0.175 e. The van der Waals surface area contributed by atoms with Gasteiger partial charge in [-0.15, -0.1) is 0 Å². The van der Waals surface area contributed by atoms with Crippen molar-refractivity contribution in [2.24, 2.45) is 0 Å². The Bertz CT molecular complexity index is 1670. The molecule has 0 bridgehead atoms. The Morgan fingerprint density at radius 3 is 2.33 bits per heavy atom. The highest BCUT2D eigenvalue weighted by molar-refractivity contribution is 7.90. The summed E-state index contributed by atoms with van der Waals surface area (Å²) in [5, 5.41) is 4.10. The van der Waals surface area contributed by atoms with Crippen LogP contribution in [-0.2, 0) is 9.84 Å². The van der Waals surface area contributed by atoms with Gasteiger partial charge in [0.15, 0.2) is 21.3 Å². The molecule has 0 saturated heterocycles. The van der Waals surface area contributed by atoms with Gasteiger partial charge in [-0.1, -0.05) is 54.1 Å². The van der Waals surface area contributed by atoms with Crippen LogP contribution in [0.2, 0.25) is 5.02 Å². The first-order valence-corrected chi connectivity index (χ1v) is 13.6.